The summed E-state index contributed by atoms with van der Waals surface area (Å²) >= 11 is 3.76. The summed E-state index contributed by atoms with van der Waals surface area (Å²) in [4.78, 5) is 62.2. The number of aliphatic hydroxyl groups excluding tert-OH is 1. The molecule has 0 aromatic heterocycles. The van der Waals surface area contributed by atoms with Gasteiger partial charge in [-0.15, -0.1) is 13.2 Å². The van der Waals surface area contributed by atoms with Crippen LogP contribution in [-0.2, 0) is 28.7 Å². The minimum atomic E-state index is -1.37. The molecule has 5 rings (SSSR count). The number of rotatable bonds is 15. The number of fused-ring (bicyclic) bond motifs is 1. The number of carbonyl (C=O) groups is 4. The third-order valence-electron chi connectivity index (χ3n) is 11.2. The minimum Gasteiger partial charge on any atom is -0.455 e. The van der Waals surface area contributed by atoms with Crippen molar-refractivity contribution in [2.45, 2.75) is 94.6 Å². The monoisotopic (exact) mass is 777 g/mol. The quantitative estimate of drug-likeness (QED) is 0.141. The fourth-order valence-corrected chi connectivity index (χ4v) is 9.46. The number of allylic oxidation sites excluding steroid dienone is 1. The van der Waals surface area contributed by atoms with Crippen LogP contribution in [0.1, 0.15) is 62.8 Å². The number of halogens is 1. The van der Waals surface area contributed by atoms with Crippen molar-refractivity contribution >= 4 is 45.3 Å². The van der Waals surface area contributed by atoms with Crippen LogP contribution in [0.4, 0.5) is 5.69 Å². The van der Waals surface area contributed by atoms with E-state index >= 15 is 4.79 Å². The number of nitrogens with zero attached hydrogens (tertiary/aromatic N) is 3. The molecular weight excluding hydrogens is 726 g/mol. The Balaban J connectivity index is 1.58. The zero-order valence-electron chi connectivity index (χ0n) is 31.0. The number of aryl methyl sites for hydroxylation is 2. The first-order valence-corrected chi connectivity index (χ1v) is 19.0. The molecular formula is C41H52BrN3O7. The standard InChI is InChI=1S/C41H52BrN3O7/c1-9-11-20-31(47)43(8)27(7)35(28-18-13-12-14-19-28)51-40(50)32-33-38(48)45(30(23-46)24(3)4)37(41(33)22-29(42)36(32)52-41)39(49)44(21-10-2)34-25(5)16-15-17-26(34)6/h9-10,12-19,24,27,29-30,32-33,35-37,46H,1-2,11,20-23H2,3-8H3/t27-,29?,30-,32-,33+,35+,36-,37-,41+/m0/s1. The van der Waals surface area contributed by atoms with Gasteiger partial charge in [-0.3, -0.25) is 19.2 Å². The van der Waals surface area contributed by atoms with Gasteiger partial charge in [-0.25, -0.2) is 0 Å². The molecule has 3 aliphatic heterocycles. The summed E-state index contributed by atoms with van der Waals surface area (Å²) in [7, 11) is 1.69. The Morgan fingerprint density at radius 2 is 1.73 bits per heavy atom. The van der Waals surface area contributed by atoms with Crippen LogP contribution in [0.5, 0.6) is 0 Å². The number of esters is 1. The van der Waals surface area contributed by atoms with Gasteiger partial charge in [-0.2, -0.15) is 0 Å². The number of ether oxygens (including phenoxy) is 2. The van der Waals surface area contributed by atoms with Gasteiger partial charge in [0.2, 0.25) is 11.8 Å². The molecule has 1 N–H and O–H groups in total. The fraction of sp³-hybridized carbons (Fsp3) is 0.512. The normalized spacial score (nSPS) is 26.4. The highest BCUT2D eigenvalue weighted by Gasteiger charge is 2.78. The lowest BCUT2D eigenvalue weighted by Gasteiger charge is -2.41. The Labute approximate surface area is 315 Å². The maximum Gasteiger partial charge on any atom is 0.313 e. The number of likely N-dealkylation sites (N-methyl/N-ethyl adjacent to an activating group) is 1. The smallest absolute Gasteiger partial charge is 0.313 e. The number of likely N-dealkylation sites (tertiary alicyclic amines) is 1. The molecule has 0 aliphatic carbocycles. The van der Waals surface area contributed by atoms with Crippen LogP contribution < -0.4 is 4.90 Å². The van der Waals surface area contributed by atoms with Crippen molar-refractivity contribution in [3.8, 4) is 0 Å². The molecule has 9 atom stereocenters. The molecule has 10 nitrogen and oxygen atoms in total. The lowest BCUT2D eigenvalue weighted by molar-refractivity contribution is -0.165. The fourth-order valence-electron chi connectivity index (χ4n) is 8.52. The summed E-state index contributed by atoms with van der Waals surface area (Å²) in [6, 6.07) is 12.6. The topological polar surface area (TPSA) is 117 Å². The van der Waals surface area contributed by atoms with Gasteiger partial charge in [0.15, 0.2) is 0 Å². The predicted molar refractivity (Wildman–Crippen MR) is 204 cm³/mol. The molecule has 3 saturated heterocycles. The lowest BCUT2D eigenvalue weighted by Crippen LogP contribution is -2.60. The van der Waals surface area contributed by atoms with E-state index in [4.69, 9.17) is 9.47 Å². The summed E-state index contributed by atoms with van der Waals surface area (Å²) in [6.07, 6.45) is 2.81. The van der Waals surface area contributed by atoms with Gasteiger partial charge in [-0.05, 0) is 56.2 Å². The maximum atomic E-state index is 15.2. The Morgan fingerprint density at radius 1 is 1.08 bits per heavy atom. The van der Waals surface area contributed by atoms with Crippen LogP contribution in [0.3, 0.4) is 0 Å². The van der Waals surface area contributed by atoms with E-state index in [1.54, 1.807) is 29.0 Å². The van der Waals surface area contributed by atoms with Crippen LogP contribution >= 0.6 is 15.9 Å². The van der Waals surface area contributed by atoms with Crippen LogP contribution in [-0.4, -0.2) is 93.5 Å². The van der Waals surface area contributed by atoms with Crippen LogP contribution in [0.15, 0.2) is 73.8 Å². The van der Waals surface area contributed by atoms with Crippen molar-refractivity contribution in [2.24, 2.45) is 17.8 Å². The summed E-state index contributed by atoms with van der Waals surface area (Å²) in [6.45, 7) is 16.9. The maximum absolute atomic E-state index is 15.2. The van der Waals surface area contributed by atoms with E-state index in [0.717, 1.165) is 16.8 Å². The van der Waals surface area contributed by atoms with Gasteiger partial charge in [0, 0.05) is 30.5 Å². The first-order valence-electron chi connectivity index (χ1n) is 18.1. The molecule has 3 fully saturated rings. The Morgan fingerprint density at radius 3 is 2.31 bits per heavy atom. The molecule has 3 heterocycles. The molecule has 11 heteroatoms. The molecule has 2 aromatic rings. The lowest BCUT2D eigenvalue weighted by atomic mass is 9.70. The number of benzene rings is 2. The molecule has 0 radical (unpaired) electrons. The predicted octanol–water partition coefficient (Wildman–Crippen LogP) is 5.68. The first kappa shape index (κ1) is 39.4. The van der Waals surface area contributed by atoms with E-state index in [-0.39, 0.29) is 42.1 Å². The number of alkyl halides is 1. The highest BCUT2D eigenvalue weighted by molar-refractivity contribution is 9.09. The van der Waals surface area contributed by atoms with Crippen molar-refractivity contribution in [1.29, 1.82) is 0 Å². The number of aliphatic hydroxyl groups is 1. The molecule has 1 spiro atoms. The second-order valence-corrected chi connectivity index (χ2v) is 15.9. The van der Waals surface area contributed by atoms with Gasteiger partial charge in [-0.1, -0.05) is 90.5 Å². The Kier molecular flexibility index (Phi) is 12.2. The van der Waals surface area contributed by atoms with Gasteiger partial charge in [0.25, 0.3) is 5.91 Å². The number of carbonyl (C=O) groups excluding carboxylic acids is 4. The molecule has 1 unspecified atom stereocenters. The molecule has 3 amide bonds. The Hall–Kier alpha value is -3.80. The van der Waals surface area contributed by atoms with E-state index in [2.05, 4.69) is 29.1 Å². The van der Waals surface area contributed by atoms with E-state index in [1.807, 2.05) is 83.1 Å². The van der Waals surface area contributed by atoms with Crippen molar-refractivity contribution in [3.63, 3.8) is 0 Å². The zero-order valence-corrected chi connectivity index (χ0v) is 32.6. The zero-order chi connectivity index (χ0) is 38.1. The minimum absolute atomic E-state index is 0.119. The third-order valence-corrected chi connectivity index (χ3v) is 12.1. The molecule has 52 heavy (non-hydrogen) atoms. The summed E-state index contributed by atoms with van der Waals surface area (Å²) in [5, 5.41) is 10.7. The molecule has 3 aliphatic rings. The molecule has 0 saturated carbocycles. The van der Waals surface area contributed by atoms with Crippen LogP contribution in [0.2, 0.25) is 0 Å². The second kappa shape index (κ2) is 16.1. The van der Waals surface area contributed by atoms with Crippen molar-refractivity contribution in [3.05, 3.63) is 90.5 Å². The number of hydrogen-bond acceptors (Lipinski definition) is 7. The summed E-state index contributed by atoms with van der Waals surface area (Å²) < 4.78 is 13.2. The van der Waals surface area contributed by atoms with E-state index in [0.29, 0.717) is 18.4 Å². The molecule has 2 bridgehead atoms. The summed E-state index contributed by atoms with van der Waals surface area (Å²) in [5.41, 5.74) is 1.80. The molecule has 280 valence electrons. The molecule has 2 aromatic carbocycles. The SMILES string of the molecule is C=CCCC(=O)N(C)[C@@H](C)[C@@H](OC(=O)[C@@H]1[C@H]2O[C@@]3(CC2Br)[C@H](C(=O)N(CC=C)c2c(C)cccc2C)N([C@@H](CO)C(C)C)C(=O)[C@@H]13)c1ccccc1. The van der Waals surface area contributed by atoms with Crippen LogP contribution in [0.25, 0.3) is 0 Å². The number of para-hydroxylation sites is 1. The number of amides is 3. The number of anilines is 1. The number of hydrogen-bond donors (Lipinski definition) is 1. The third kappa shape index (κ3) is 6.87. The van der Waals surface area contributed by atoms with Gasteiger partial charge >= 0.3 is 5.97 Å². The highest BCUT2D eigenvalue weighted by Crippen LogP contribution is 2.61. The van der Waals surface area contributed by atoms with Crippen LogP contribution in [0, 0.1) is 31.6 Å². The second-order valence-electron chi connectivity index (χ2n) is 14.7. The van der Waals surface area contributed by atoms with Crippen molar-refractivity contribution in [2.75, 3.05) is 25.1 Å². The van der Waals surface area contributed by atoms with E-state index in [9.17, 15) is 19.5 Å². The van der Waals surface area contributed by atoms with Gasteiger partial charge in [0.05, 0.1) is 36.6 Å². The average Bonchev–Trinajstić information content (AvgIpc) is 3.71. The van der Waals surface area contributed by atoms with Crippen molar-refractivity contribution < 1.29 is 33.8 Å². The summed E-state index contributed by atoms with van der Waals surface area (Å²) in [5.74, 6) is -3.85. The largest absolute Gasteiger partial charge is 0.455 e. The average molecular weight is 779 g/mol. The van der Waals surface area contributed by atoms with Gasteiger partial charge in [0.1, 0.15) is 17.7 Å². The Bertz CT molecular complexity index is 1660. The van der Waals surface area contributed by atoms with E-state index < -0.39 is 59.6 Å². The highest BCUT2D eigenvalue weighted by atomic mass is 79.9. The first-order chi connectivity index (χ1) is 24.7. The van der Waals surface area contributed by atoms with Crippen molar-refractivity contribution in [1.82, 2.24) is 9.80 Å². The van der Waals surface area contributed by atoms with E-state index in [1.165, 1.54) is 4.90 Å². The van der Waals surface area contributed by atoms with Gasteiger partial charge < -0.3 is 29.3 Å².